The summed E-state index contributed by atoms with van der Waals surface area (Å²) < 4.78 is 25.3. The monoisotopic (exact) mass is 249 g/mol. The standard InChI is InChI=1S/C10H19NO4S/c1-8-3-2-4-9(8)7-11-16(14,15)6-5-10(12)13/h8-9,11H,2-7H2,1H3,(H,12,13). The van der Waals surface area contributed by atoms with Crippen molar-refractivity contribution >= 4 is 16.0 Å². The van der Waals surface area contributed by atoms with Gasteiger partial charge >= 0.3 is 5.97 Å². The third-order valence-corrected chi connectivity index (χ3v) is 4.54. The van der Waals surface area contributed by atoms with Crippen LogP contribution in [0.5, 0.6) is 0 Å². The van der Waals surface area contributed by atoms with E-state index in [0.29, 0.717) is 18.4 Å². The van der Waals surface area contributed by atoms with E-state index < -0.39 is 16.0 Å². The second-order valence-corrected chi connectivity index (χ2v) is 6.41. The van der Waals surface area contributed by atoms with Crippen LogP contribution in [0, 0.1) is 11.8 Å². The maximum Gasteiger partial charge on any atom is 0.304 e. The molecule has 5 nitrogen and oxygen atoms in total. The quantitative estimate of drug-likeness (QED) is 0.730. The van der Waals surface area contributed by atoms with Gasteiger partial charge in [0.2, 0.25) is 10.0 Å². The number of aliphatic carboxylic acids is 1. The molecule has 0 saturated heterocycles. The highest BCUT2D eigenvalue weighted by atomic mass is 32.2. The third kappa shape index (κ3) is 4.49. The van der Waals surface area contributed by atoms with Crippen LogP contribution in [0.25, 0.3) is 0 Å². The Kier molecular flexibility index (Phi) is 4.73. The molecular formula is C10H19NO4S. The lowest BCUT2D eigenvalue weighted by Crippen LogP contribution is -2.32. The summed E-state index contributed by atoms with van der Waals surface area (Å²) in [5.41, 5.74) is 0. The minimum atomic E-state index is -3.42. The molecule has 16 heavy (non-hydrogen) atoms. The van der Waals surface area contributed by atoms with Crippen molar-refractivity contribution in [2.75, 3.05) is 12.3 Å². The van der Waals surface area contributed by atoms with Gasteiger partial charge in [-0.1, -0.05) is 19.8 Å². The summed E-state index contributed by atoms with van der Waals surface area (Å²) >= 11 is 0. The highest BCUT2D eigenvalue weighted by Crippen LogP contribution is 2.30. The fourth-order valence-electron chi connectivity index (χ4n) is 2.05. The van der Waals surface area contributed by atoms with Gasteiger partial charge in [-0.05, 0) is 18.3 Å². The molecule has 6 heteroatoms. The van der Waals surface area contributed by atoms with Crippen molar-refractivity contribution in [3.05, 3.63) is 0 Å². The topological polar surface area (TPSA) is 83.5 Å². The van der Waals surface area contributed by atoms with Gasteiger partial charge in [0.25, 0.3) is 0 Å². The Hall–Kier alpha value is -0.620. The average Bonchev–Trinajstić information content (AvgIpc) is 2.59. The largest absolute Gasteiger partial charge is 0.481 e. The zero-order chi connectivity index (χ0) is 12.2. The van der Waals surface area contributed by atoms with Crippen molar-refractivity contribution in [1.29, 1.82) is 0 Å². The summed E-state index contributed by atoms with van der Waals surface area (Å²) in [6, 6.07) is 0. The third-order valence-electron chi connectivity index (χ3n) is 3.19. The van der Waals surface area contributed by atoms with E-state index in [-0.39, 0.29) is 12.2 Å². The lowest BCUT2D eigenvalue weighted by Gasteiger charge is -2.15. The lowest BCUT2D eigenvalue weighted by atomic mass is 9.99. The van der Waals surface area contributed by atoms with Crippen LogP contribution in [0.2, 0.25) is 0 Å². The van der Waals surface area contributed by atoms with Gasteiger partial charge in [-0.3, -0.25) is 4.79 Å². The summed E-state index contributed by atoms with van der Waals surface area (Å²) in [4.78, 5) is 10.3. The van der Waals surface area contributed by atoms with Crippen LogP contribution in [0.15, 0.2) is 0 Å². The molecule has 2 unspecified atom stereocenters. The predicted molar refractivity (Wildman–Crippen MR) is 60.5 cm³/mol. The molecule has 1 saturated carbocycles. The molecule has 0 aromatic carbocycles. The van der Waals surface area contributed by atoms with Gasteiger partial charge in [0, 0.05) is 6.54 Å². The normalized spacial score (nSPS) is 25.8. The highest BCUT2D eigenvalue weighted by molar-refractivity contribution is 7.89. The molecule has 0 aromatic rings. The Labute approximate surface area is 96.3 Å². The second kappa shape index (κ2) is 5.63. The molecule has 1 aliphatic rings. The first-order valence-electron chi connectivity index (χ1n) is 5.60. The number of carboxylic acid groups (broad SMARTS) is 1. The van der Waals surface area contributed by atoms with Crippen LogP contribution in [0.1, 0.15) is 32.6 Å². The van der Waals surface area contributed by atoms with Gasteiger partial charge in [-0.25, -0.2) is 13.1 Å². The summed E-state index contributed by atoms with van der Waals surface area (Å²) in [6.45, 7) is 2.58. The van der Waals surface area contributed by atoms with Gasteiger partial charge in [0.1, 0.15) is 0 Å². The van der Waals surface area contributed by atoms with Crippen molar-refractivity contribution in [1.82, 2.24) is 4.72 Å². The molecule has 0 aliphatic heterocycles. The molecule has 0 aromatic heterocycles. The Bertz CT molecular complexity index is 339. The Morgan fingerprint density at radius 2 is 2.12 bits per heavy atom. The van der Waals surface area contributed by atoms with E-state index in [0.717, 1.165) is 19.3 Å². The smallest absolute Gasteiger partial charge is 0.304 e. The molecule has 0 bridgehead atoms. The van der Waals surface area contributed by atoms with Crippen molar-refractivity contribution in [2.24, 2.45) is 11.8 Å². The van der Waals surface area contributed by atoms with Crippen LogP contribution in [-0.2, 0) is 14.8 Å². The van der Waals surface area contributed by atoms with Crippen LogP contribution in [-0.4, -0.2) is 31.8 Å². The average molecular weight is 249 g/mol. The molecule has 2 atom stereocenters. The Morgan fingerprint density at radius 3 is 2.62 bits per heavy atom. The summed E-state index contributed by atoms with van der Waals surface area (Å²) in [5.74, 6) is -0.454. The van der Waals surface area contributed by atoms with E-state index in [9.17, 15) is 13.2 Å². The molecule has 0 spiro atoms. The molecule has 1 aliphatic carbocycles. The first-order chi connectivity index (χ1) is 7.41. The summed E-state index contributed by atoms with van der Waals surface area (Å²) in [7, 11) is -3.42. The second-order valence-electron chi connectivity index (χ2n) is 4.48. The van der Waals surface area contributed by atoms with Gasteiger partial charge in [-0.15, -0.1) is 0 Å². The first kappa shape index (κ1) is 13.4. The van der Waals surface area contributed by atoms with Crippen LogP contribution in [0.3, 0.4) is 0 Å². The van der Waals surface area contributed by atoms with E-state index in [1.807, 2.05) is 0 Å². The molecule has 1 rings (SSSR count). The maximum absolute atomic E-state index is 11.4. The lowest BCUT2D eigenvalue weighted by molar-refractivity contribution is -0.136. The molecule has 94 valence electrons. The number of carbonyl (C=O) groups is 1. The number of hydrogen-bond donors (Lipinski definition) is 2. The van der Waals surface area contributed by atoms with E-state index in [1.165, 1.54) is 0 Å². The molecule has 0 heterocycles. The molecular weight excluding hydrogens is 230 g/mol. The van der Waals surface area contributed by atoms with Gasteiger partial charge in [-0.2, -0.15) is 0 Å². The summed E-state index contributed by atoms with van der Waals surface area (Å²) in [5, 5.41) is 8.41. The molecule has 1 fully saturated rings. The number of rotatable bonds is 6. The Morgan fingerprint density at radius 1 is 1.44 bits per heavy atom. The van der Waals surface area contributed by atoms with Gasteiger partial charge in [0.05, 0.1) is 12.2 Å². The minimum absolute atomic E-state index is 0.330. The molecule has 0 radical (unpaired) electrons. The Balaban J connectivity index is 2.33. The van der Waals surface area contributed by atoms with E-state index in [1.54, 1.807) is 0 Å². The van der Waals surface area contributed by atoms with Crippen LogP contribution >= 0.6 is 0 Å². The van der Waals surface area contributed by atoms with Crippen molar-refractivity contribution in [3.63, 3.8) is 0 Å². The van der Waals surface area contributed by atoms with Crippen molar-refractivity contribution in [3.8, 4) is 0 Å². The first-order valence-corrected chi connectivity index (χ1v) is 7.25. The van der Waals surface area contributed by atoms with Crippen molar-refractivity contribution in [2.45, 2.75) is 32.6 Å². The SMILES string of the molecule is CC1CCCC1CNS(=O)(=O)CCC(=O)O. The van der Waals surface area contributed by atoms with E-state index >= 15 is 0 Å². The van der Waals surface area contributed by atoms with Crippen molar-refractivity contribution < 1.29 is 18.3 Å². The number of carboxylic acids is 1. The predicted octanol–water partition coefficient (Wildman–Crippen LogP) is 0.817. The van der Waals surface area contributed by atoms with E-state index in [2.05, 4.69) is 11.6 Å². The number of hydrogen-bond acceptors (Lipinski definition) is 3. The summed E-state index contributed by atoms with van der Waals surface area (Å²) in [6.07, 6.45) is 3.03. The fourth-order valence-corrected chi connectivity index (χ4v) is 3.11. The zero-order valence-electron chi connectivity index (χ0n) is 9.48. The van der Waals surface area contributed by atoms with E-state index in [4.69, 9.17) is 5.11 Å². The van der Waals surface area contributed by atoms with Gasteiger partial charge < -0.3 is 5.11 Å². The zero-order valence-corrected chi connectivity index (χ0v) is 10.3. The molecule has 0 amide bonds. The fraction of sp³-hybridized carbons (Fsp3) is 0.900. The highest BCUT2D eigenvalue weighted by Gasteiger charge is 2.24. The van der Waals surface area contributed by atoms with Crippen LogP contribution in [0.4, 0.5) is 0 Å². The van der Waals surface area contributed by atoms with Crippen LogP contribution < -0.4 is 4.72 Å². The van der Waals surface area contributed by atoms with Gasteiger partial charge in [0.15, 0.2) is 0 Å². The maximum atomic E-state index is 11.4. The minimum Gasteiger partial charge on any atom is -0.481 e. The number of sulfonamides is 1. The molecule has 2 N–H and O–H groups in total. The number of nitrogens with one attached hydrogen (secondary N) is 1.